The van der Waals surface area contributed by atoms with Crippen LogP contribution in [-0.2, 0) is 9.53 Å². The molecule has 0 aliphatic heterocycles. The van der Waals surface area contributed by atoms with E-state index in [1.54, 1.807) is 0 Å². The van der Waals surface area contributed by atoms with E-state index in [0.29, 0.717) is 37.1 Å². The van der Waals surface area contributed by atoms with Crippen molar-refractivity contribution in [3.63, 3.8) is 0 Å². The van der Waals surface area contributed by atoms with Gasteiger partial charge >= 0.3 is 0 Å². The summed E-state index contributed by atoms with van der Waals surface area (Å²) in [6.07, 6.45) is 13.8. The molecule has 0 aromatic rings. The number of amides is 1. The first-order valence-electron chi connectivity index (χ1n) is 9.89. The van der Waals surface area contributed by atoms with Crippen molar-refractivity contribution < 1.29 is 9.53 Å². The van der Waals surface area contributed by atoms with E-state index in [1.165, 1.54) is 57.8 Å². The van der Waals surface area contributed by atoms with E-state index in [0.717, 1.165) is 12.8 Å². The second-order valence-corrected chi connectivity index (χ2v) is 7.97. The van der Waals surface area contributed by atoms with E-state index < -0.39 is 0 Å². The lowest BCUT2D eigenvalue weighted by molar-refractivity contribution is -0.128. The van der Waals surface area contributed by atoms with Gasteiger partial charge in [0.05, 0.1) is 12.7 Å². The zero-order valence-electron chi connectivity index (χ0n) is 14.9. The van der Waals surface area contributed by atoms with E-state index in [-0.39, 0.29) is 24.2 Å². The summed E-state index contributed by atoms with van der Waals surface area (Å²) in [6, 6.07) is 0.339. The van der Waals surface area contributed by atoms with Crippen molar-refractivity contribution >= 4 is 18.3 Å². The molecule has 4 nitrogen and oxygen atoms in total. The molecule has 0 aromatic heterocycles. The number of hydrogen-bond donors (Lipinski definition) is 2. The number of ether oxygens (including phenoxy) is 1. The van der Waals surface area contributed by atoms with Crippen LogP contribution < -0.4 is 11.1 Å². The van der Waals surface area contributed by atoms with E-state index in [4.69, 9.17) is 10.5 Å². The maximum Gasteiger partial charge on any atom is 0.223 e. The van der Waals surface area contributed by atoms with Gasteiger partial charge in [0.1, 0.15) is 0 Å². The monoisotopic (exact) mass is 358 g/mol. The Labute approximate surface area is 153 Å². The highest BCUT2D eigenvalue weighted by molar-refractivity contribution is 5.85. The summed E-state index contributed by atoms with van der Waals surface area (Å²) in [5.74, 6) is 1.56. The quantitative estimate of drug-likeness (QED) is 0.584. The zero-order chi connectivity index (χ0) is 16.1. The molecular formula is C19H35ClN2O2. The van der Waals surface area contributed by atoms with Crippen LogP contribution in [0.15, 0.2) is 0 Å². The van der Waals surface area contributed by atoms with Crippen molar-refractivity contribution in [1.29, 1.82) is 0 Å². The molecule has 0 radical (unpaired) electrons. The smallest absolute Gasteiger partial charge is 0.223 e. The topological polar surface area (TPSA) is 64.4 Å². The standard InChI is InChI=1S/C19H34N2O2.ClH/c20-18-14-6-5-7-15(18)13-16(12-14)19(22)21-10-11-23-17-8-3-1-2-4-9-17;/h14-18H,1-13,20H2,(H,21,22);1H. The number of carbonyl (C=O) groups is 1. The van der Waals surface area contributed by atoms with Crippen LogP contribution in [0.2, 0.25) is 0 Å². The summed E-state index contributed by atoms with van der Waals surface area (Å²) in [6.45, 7) is 1.32. The second-order valence-electron chi connectivity index (χ2n) is 7.97. The van der Waals surface area contributed by atoms with Crippen LogP contribution in [0, 0.1) is 17.8 Å². The number of carbonyl (C=O) groups excluding carboxylic acids is 1. The van der Waals surface area contributed by atoms with Crippen molar-refractivity contribution in [1.82, 2.24) is 5.32 Å². The van der Waals surface area contributed by atoms with Crippen LogP contribution in [0.4, 0.5) is 0 Å². The molecular weight excluding hydrogens is 324 g/mol. The number of fused-ring (bicyclic) bond motifs is 2. The fraction of sp³-hybridized carbons (Fsp3) is 0.947. The molecule has 24 heavy (non-hydrogen) atoms. The highest BCUT2D eigenvalue weighted by Crippen LogP contribution is 2.41. The Bertz CT molecular complexity index is 372. The average Bonchev–Trinajstić information content (AvgIpc) is 2.80. The summed E-state index contributed by atoms with van der Waals surface area (Å²) in [7, 11) is 0. The van der Waals surface area contributed by atoms with Crippen LogP contribution in [0.25, 0.3) is 0 Å². The molecule has 3 aliphatic rings. The van der Waals surface area contributed by atoms with Gasteiger partial charge in [0.15, 0.2) is 0 Å². The molecule has 0 aromatic carbocycles. The summed E-state index contributed by atoms with van der Waals surface area (Å²) >= 11 is 0. The predicted molar refractivity (Wildman–Crippen MR) is 99.2 cm³/mol. The third-order valence-electron chi connectivity index (χ3n) is 6.34. The van der Waals surface area contributed by atoms with E-state index in [9.17, 15) is 4.79 Å². The number of nitrogens with one attached hydrogen (secondary N) is 1. The molecule has 2 atom stereocenters. The predicted octanol–water partition coefficient (Wildman–Crippen LogP) is 3.42. The first-order chi connectivity index (χ1) is 11.2. The number of nitrogens with two attached hydrogens (primary N) is 1. The maximum absolute atomic E-state index is 12.4. The fourth-order valence-electron chi connectivity index (χ4n) is 4.96. The molecule has 3 saturated carbocycles. The second kappa shape index (κ2) is 9.98. The van der Waals surface area contributed by atoms with Gasteiger partial charge in [0.2, 0.25) is 5.91 Å². The molecule has 0 spiro atoms. The molecule has 3 aliphatic carbocycles. The first kappa shape index (κ1) is 20.0. The minimum atomic E-state index is 0. The lowest BCUT2D eigenvalue weighted by Crippen LogP contribution is -2.49. The zero-order valence-corrected chi connectivity index (χ0v) is 15.7. The summed E-state index contributed by atoms with van der Waals surface area (Å²) < 4.78 is 5.96. The van der Waals surface area contributed by atoms with Gasteiger partial charge in [-0.05, 0) is 50.4 Å². The largest absolute Gasteiger partial charge is 0.376 e. The molecule has 0 saturated heterocycles. The minimum Gasteiger partial charge on any atom is -0.376 e. The van der Waals surface area contributed by atoms with E-state index >= 15 is 0 Å². The van der Waals surface area contributed by atoms with Crippen molar-refractivity contribution in [2.45, 2.75) is 82.8 Å². The van der Waals surface area contributed by atoms with Crippen LogP contribution in [-0.4, -0.2) is 31.2 Å². The Morgan fingerprint density at radius 2 is 1.58 bits per heavy atom. The van der Waals surface area contributed by atoms with Gasteiger partial charge in [0.25, 0.3) is 0 Å². The minimum absolute atomic E-state index is 0. The Morgan fingerprint density at radius 1 is 0.958 bits per heavy atom. The Hall–Kier alpha value is -0.320. The first-order valence-corrected chi connectivity index (χ1v) is 9.89. The van der Waals surface area contributed by atoms with Gasteiger partial charge in [0, 0.05) is 18.5 Å². The highest BCUT2D eigenvalue weighted by Gasteiger charge is 2.40. The molecule has 2 bridgehead atoms. The Balaban J connectivity index is 0.00000208. The van der Waals surface area contributed by atoms with Gasteiger partial charge in [-0.3, -0.25) is 4.79 Å². The maximum atomic E-state index is 12.4. The molecule has 3 N–H and O–H groups in total. The van der Waals surface area contributed by atoms with Crippen molar-refractivity contribution in [3.8, 4) is 0 Å². The average molecular weight is 359 g/mol. The summed E-state index contributed by atoms with van der Waals surface area (Å²) in [5.41, 5.74) is 6.31. The van der Waals surface area contributed by atoms with Crippen LogP contribution in [0.1, 0.15) is 70.6 Å². The summed E-state index contributed by atoms with van der Waals surface area (Å²) in [4.78, 5) is 12.4. The molecule has 1 amide bonds. The number of rotatable bonds is 5. The van der Waals surface area contributed by atoms with Gasteiger partial charge in [-0.1, -0.05) is 32.1 Å². The Kier molecular flexibility index (Phi) is 8.32. The SMILES string of the molecule is Cl.NC1C2CCCC1CC(C(=O)NCCOC1CCCCCC1)C2. The van der Waals surface area contributed by atoms with Gasteiger partial charge in [-0.2, -0.15) is 0 Å². The molecule has 0 heterocycles. The number of hydrogen-bond acceptors (Lipinski definition) is 3. The van der Waals surface area contributed by atoms with E-state index in [2.05, 4.69) is 5.32 Å². The summed E-state index contributed by atoms with van der Waals surface area (Å²) in [5, 5.41) is 3.11. The third-order valence-corrected chi connectivity index (χ3v) is 6.34. The normalized spacial score (nSPS) is 34.0. The van der Waals surface area contributed by atoms with E-state index in [1.807, 2.05) is 0 Å². The lowest BCUT2D eigenvalue weighted by atomic mass is 9.65. The molecule has 3 fully saturated rings. The molecule has 2 unspecified atom stereocenters. The third kappa shape index (κ3) is 5.34. The molecule has 140 valence electrons. The molecule has 5 heteroatoms. The van der Waals surface area contributed by atoms with Crippen molar-refractivity contribution in [2.75, 3.05) is 13.2 Å². The lowest BCUT2D eigenvalue weighted by Gasteiger charge is -2.43. The Morgan fingerprint density at radius 3 is 2.21 bits per heavy atom. The fourth-order valence-corrected chi connectivity index (χ4v) is 4.96. The van der Waals surface area contributed by atoms with Crippen LogP contribution >= 0.6 is 12.4 Å². The van der Waals surface area contributed by atoms with Gasteiger partial charge < -0.3 is 15.8 Å². The van der Waals surface area contributed by atoms with Crippen molar-refractivity contribution in [3.05, 3.63) is 0 Å². The van der Waals surface area contributed by atoms with Crippen molar-refractivity contribution in [2.24, 2.45) is 23.5 Å². The van der Waals surface area contributed by atoms with Gasteiger partial charge in [-0.25, -0.2) is 0 Å². The molecule has 3 rings (SSSR count). The van der Waals surface area contributed by atoms with Crippen LogP contribution in [0.3, 0.4) is 0 Å². The van der Waals surface area contributed by atoms with Gasteiger partial charge in [-0.15, -0.1) is 12.4 Å². The number of halogens is 1. The highest BCUT2D eigenvalue weighted by atomic mass is 35.5. The van der Waals surface area contributed by atoms with Crippen LogP contribution in [0.5, 0.6) is 0 Å².